The van der Waals surface area contributed by atoms with Gasteiger partial charge in [0.25, 0.3) is 0 Å². The smallest absolute Gasteiger partial charge is 0.238 e. The van der Waals surface area contributed by atoms with E-state index in [4.69, 9.17) is 5.84 Å². The Morgan fingerprint density at radius 1 is 1.25 bits per heavy atom. The zero-order valence-corrected chi connectivity index (χ0v) is 11.6. The molecule has 0 aliphatic carbocycles. The summed E-state index contributed by atoms with van der Waals surface area (Å²) in [6, 6.07) is 7.81. The summed E-state index contributed by atoms with van der Waals surface area (Å²) in [6.07, 6.45) is 0.282. The van der Waals surface area contributed by atoms with Crippen LogP contribution in [-0.2, 0) is 22.6 Å². The van der Waals surface area contributed by atoms with Gasteiger partial charge >= 0.3 is 0 Å². The Kier molecular flexibility index (Phi) is 4.70. The predicted octanol–water partition coefficient (Wildman–Crippen LogP) is -0.507. The summed E-state index contributed by atoms with van der Waals surface area (Å²) in [4.78, 5) is 26.7. The number of nitrogens with zero attached hydrogens (tertiary/aromatic N) is 2. The van der Waals surface area contributed by atoms with Crippen LogP contribution in [0.1, 0.15) is 11.1 Å². The number of likely N-dealkylation sites (N-methyl/N-ethyl adjacent to an activating group) is 1. The number of hydrazine groups is 1. The first-order valence-electron chi connectivity index (χ1n) is 6.62. The van der Waals surface area contributed by atoms with E-state index in [-0.39, 0.29) is 18.2 Å². The van der Waals surface area contributed by atoms with Gasteiger partial charge in [0.1, 0.15) is 0 Å². The van der Waals surface area contributed by atoms with Crippen molar-refractivity contribution in [1.82, 2.24) is 15.2 Å². The first kappa shape index (κ1) is 14.5. The lowest BCUT2D eigenvalue weighted by Gasteiger charge is -2.31. The van der Waals surface area contributed by atoms with E-state index < -0.39 is 0 Å². The highest BCUT2D eigenvalue weighted by Gasteiger charge is 2.20. The molecule has 6 heteroatoms. The Hall–Kier alpha value is -1.92. The first-order chi connectivity index (χ1) is 9.58. The molecule has 0 unspecified atom stereocenters. The molecule has 2 amide bonds. The summed E-state index contributed by atoms with van der Waals surface area (Å²) < 4.78 is 0. The van der Waals surface area contributed by atoms with Crippen LogP contribution < -0.4 is 11.3 Å². The number of hydrogen-bond donors (Lipinski definition) is 2. The van der Waals surface area contributed by atoms with E-state index in [9.17, 15) is 9.59 Å². The van der Waals surface area contributed by atoms with Gasteiger partial charge in [0, 0.05) is 26.7 Å². The molecule has 108 valence electrons. The Labute approximate surface area is 118 Å². The zero-order valence-electron chi connectivity index (χ0n) is 11.6. The number of carbonyl (C=O) groups excluding carboxylic acids is 2. The van der Waals surface area contributed by atoms with Gasteiger partial charge < -0.3 is 4.90 Å². The summed E-state index contributed by atoms with van der Waals surface area (Å²) >= 11 is 0. The van der Waals surface area contributed by atoms with Gasteiger partial charge in [-0.15, -0.1) is 0 Å². The van der Waals surface area contributed by atoms with Crippen molar-refractivity contribution in [3.8, 4) is 0 Å². The third-order valence-corrected chi connectivity index (χ3v) is 3.49. The maximum Gasteiger partial charge on any atom is 0.238 e. The fourth-order valence-corrected chi connectivity index (χ4v) is 2.20. The first-order valence-corrected chi connectivity index (χ1v) is 6.62. The van der Waals surface area contributed by atoms with E-state index in [0.29, 0.717) is 6.54 Å². The minimum Gasteiger partial charge on any atom is -0.343 e. The van der Waals surface area contributed by atoms with Crippen LogP contribution in [0, 0.1) is 0 Å². The van der Waals surface area contributed by atoms with E-state index >= 15 is 0 Å². The van der Waals surface area contributed by atoms with Gasteiger partial charge in [0.15, 0.2) is 0 Å². The van der Waals surface area contributed by atoms with E-state index in [1.165, 1.54) is 0 Å². The molecule has 0 saturated carbocycles. The van der Waals surface area contributed by atoms with Crippen LogP contribution >= 0.6 is 0 Å². The molecule has 1 aromatic carbocycles. The molecule has 2 rings (SSSR count). The lowest BCUT2D eigenvalue weighted by molar-refractivity contribution is -0.134. The van der Waals surface area contributed by atoms with Crippen LogP contribution in [0.15, 0.2) is 24.3 Å². The number of amides is 2. The van der Waals surface area contributed by atoms with Crippen LogP contribution in [0.25, 0.3) is 0 Å². The molecule has 1 heterocycles. The maximum absolute atomic E-state index is 11.6. The van der Waals surface area contributed by atoms with Gasteiger partial charge in [-0.3, -0.25) is 19.9 Å². The van der Waals surface area contributed by atoms with Crippen molar-refractivity contribution in [3.05, 3.63) is 35.4 Å². The van der Waals surface area contributed by atoms with Crippen molar-refractivity contribution in [2.75, 3.05) is 26.7 Å². The van der Waals surface area contributed by atoms with Gasteiger partial charge in [-0.25, -0.2) is 5.84 Å². The third kappa shape index (κ3) is 3.79. The molecule has 1 aliphatic heterocycles. The van der Waals surface area contributed by atoms with Gasteiger partial charge in [0.2, 0.25) is 11.8 Å². The summed E-state index contributed by atoms with van der Waals surface area (Å²) in [6.45, 7) is 2.88. The van der Waals surface area contributed by atoms with E-state index in [0.717, 1.165) is 30.8 Å². The number of hydrogen-bond acceptors (Lipinski definition) is 4. The highest BCUT2D eigenvalue weighted by Crippen LogP contribution is 2.10. The lowest BCUT2D eigenvalue weighted by Crippen LogP contribution is -2.47. The minimum atomic E-state index is -0.206. The molecule has 20 heavy (non-hydrogen) atoms. The molecule has 0 radical (unpaired) electrons. The summed E-state index contributed by atoms with van der Waals surface area (Å²) in [5.74, 6) is 5.01. The molecule has 0 atom stereocenters. The molecule has 1 aromatic rings. The van der Waals surface area contributed by atoms with Gasteiger partial charge in [-0.2, -0.15) is 0 Å². The molecule has 0 aromatic heterocycles. The van der Waals surface area contributed by atoms with Crippen molar-refractivity contribution >= 4 is 11.8 Å². The molecule has 6 nitrogen and oxygen atoms in total. The van der Waals surface area contributed by atoms with E-state index in [2.05, 4.69) is 10.3 Å². The van der Waals surface area contributed by atoms with Crippen molar-refractivity contribution in [2.24, 2.45) is 5.84 Å². The third-order valence-electron chi connectivity index (χ3n) is 3.49. The Morgan fingerprint density at radius 3 is 2.50 bits per heavy atom. The predicted molar refractivity (Wildman–Crippen MR) is 75.4 cm³/mol. The number of benzene rings is 1. The lowest BCUT2D eigenvalue weighted by atomic mass is 10.1. The van der Waals surface area contributed by atoms with Gasteiger partial charge in [-0.05, 0) is 11.1 Å². The number of nitrogens with two attached hydrogens (primary N) is 1. The standard InChI is InChI=1S/C14H20N4O2/c1-17-6-7-18(10-14(17)20)9-12-4-2-11(3-5-12)8-13(19)16-15/h2-5H,6-10,15H2,1H3,(H,16,19). The average molecular weight is 276 g/mol. The number of nitrogens with one attached hydrogen (secondary N) is 1. The van der Waals surface area contributed by atoms with E-state index in [1.807, 2.05) is 31.3 Å². The second kappa shape index (κ2) is 6.49. The Balaban J connectivity index is 1.90. The van der Waals surface area contributed by atoms with Crippen LogP contribution in [0.2, 0.25) is 0 Å². The molecular weight excluding hydrogens is 256 g/mol. The van der Waals surface area contributed by atoms with Crippen molar-refractivity contribution in [3.63, 3.8) is 0 Å². The topological polar surface area (TPSA) is 78.7 Å². The summed E-state index contributed by atoms with van der Waals surface area (Å²) in [5.41, 5.74) is 4.17. The quantitative estimate of drug-likeness (QED) is 0.441. The Bertz CT molecular complexity index is 486. The zero-order chi connectivity index (χ0) is 14.5. The van der Waals surface area contributed by atoms with Crippen molar-refractivity contribution in [1.29, 1.82) is 0 Å². The normalized spacial score (nSPS) is 16.3. The molecular formula is C14H20N4O2. The molecule has 0 bridgehead atoms. The minimum absolute atomic E-state index is 0.160. The van der Waals surface area contributed by atoms with Gasteiger partial charge in [-0.1, -0.05) is 24.3 Å². The van der Waals surface area contributed by atoms with Crippen LogP contribution in [-0.4, -0.2) is 48.3 Å². The highest BCUT2D eigenvalue weighted by molar-refractivity contribution is 5.78. The maximum atomic E-state index is 11.6. The SMILES string of the molecule is CN1CCN(Cc2ccc(CC(=O)NN)cc2)CC1=O. The monoisotopic (exact) mass is 276 g/mol. The molecule has 1 saturated heterocycles. The number of carbonyl (C=O) groups is 2. The Morgan fingerprint density at radius 2 is 1.90 bits per heavy atom. The van der Waals surface area contributed by atoms with Crippen molar-refractivity contribution in [2.45, 2.75) is 13.0 Å². The van der Waals surface area contributed by atoms with Crippen LogP contribution in [0.4, 0.5) is 0 Å². The highest BCUT2D eigenvalue weighted by atomic mass is 16.2. The molecule has 1 aliphatic rings. The van der Waals surface area contributed by atoms with Gasteiger partial charge in [0.05, 0.1) is 13.0 Å². The fraction of sp³-hybridized carbons (Fsp3) is 0.429. The van der Waals surface area contributed by atoms with Crippen LogP contribution in [0.5, 0.6) is 0 Å². The number of piperazine rings is 1. The number of rotatable bonds is 4. The summed E-state index contributed by atoms with van der Waals surface area (Å²) in [5, 5.41) is 0. The molecule has 3 N–H and O–H groups in total. The summed E-state index contributed by atoms with van der Waals surface area (Å²) in [7, 11) is 1.83. The largest absolute Gasteiger partial charge is 0.343 e. The van der Waals surface area contributed by atoms with E-state index in [1.54, 1.807) is 4.90 Å². The molecule has 0 spiro atoms. The molecule has 1 fully saturated rings. The second-order valence-corrected chi connectivity index (χ2v) is 5.09. The second-order valence-electron chi connectivity index (χ2n) is 5.09. The van der Waals surface area contributed by atoms with Crippen molar-refractivity contribution < 1.29 is 9.59 Å². The fourth-order valence-electron chi connectivity index (χ4n) is 2.20. The van der Waals surface area contributed by atoms with Crippen LogP contribution in [0.3, 0.4) is 0 Å². The average Bonchev–Trinajstić information content (AvgIpc) is 2.45.